The van der Waals surface area contributed by atoms with Crippen LogP contribution >= 0.6 is 0 Å². The van der Waals surface area contributed by atoms with Crippen molar-refractivity contribution in [2.45, 2.75) is 63.8 Å². The largest absolute Gasteiger partial charge is 0.332 e. The number of aryl methyl sites for hydroxylation is 1. The zero-order chi connectivity index (χ0) is 17.3. The molecule has 0 bridgehead atoms. The number of aromatic nitrogens is 4. The molecule has 0 N–H and O–H groups in total. The fourth-order valence-electron chi connectivity index (χ4n) is 4.37. The highest BCUT2D eigenvalue weighted by atomic mass is 15.0. The van der Waals surface area contributed by atoms with Gasteiger partial charge in [-0.05, 0) is 48.8 Å². The van der Waals surface area contributed by atoms with Crippen LogP contribution in [0.15, 0.2) is 36.9 Å². The van der Waals surface area contributed by atoms with E-state index in [4.69, 9.17) is 0 Å². The van der Waals surface area contributed by atoms with Gasteiger partial charge in [0, 0.05) is 42.3 Å². The zero-order valence-electron chi connectivity index (χ0n) is 15.3. The van der Waals surface area contributed by atoms with E-state index in [0.29, 0.717) is 5.92 Å². The molecule has 134 valence electrons. The molecule has 5 rings (SSSR count). The number of rotatable bonds is 5. The summed E-state index contributed by atoms with van der Waals surface area (Å²) in [5.41, 5.74) is 3.46. The van der Waals surface area contributed by atoms with Crippen LogP contribution in [0.1, 0.15) is 62.8 Å². The van der Waals surface area contributed by atoms with Crippen molar-refractivity contribution >= 4 is 11.0 Å². The van der Waals surface area contributed by atoms with Crippen molar-refractivity contribution in [1.82, 2.24) is 19.5 Å². The third kappa shape index (κ3) is 3.13. The first-order valence-electron chi connectivity index (χ1n) is 10.1. The van der Waals surface area contributed by atoms with E-state index >= 15 is 0 Å². The second-order valence-corrected chi connectivity index (χ2v) is 8.02. The average molecular weight is 346 g/mol. The standard InChI is InChI=1S/C22H26N4/c1-2-5-16(6-3-1)10-12-26-15-20(19-7-4-11-23-22(19)26)21-24-13-18(14-25-21)17-8-9-17/h4,7,11,13-17H,1-3,5-6,8-10,12H2. The van der Waals surface area contributed by atoms with Crippen LogP contribution in [0.2, 0.25) is 0 Å². The molecule has 0 radical (unpaired) electrons. The maximum atomic E-state index is 4.67. The van der Waals surface area contributed by atoms with E-state index in [1.807, 2.05) is 24.7 Å². The van der Waals surface area contributed by atoms with Gasteiger partial charge in [0.15, 0.2) is 5.82 Å². The van der Waals surface area contributed by atoms with Gasteiger partial charge >= 0.3 is 0 Å². The van der Waals surface area contributed by atoms with E-state index in [1.165, 1.54) is 56.9 Å². The fourth-order valence-corrected chi connectivity index (χ4v) is 4.37. The van der Waals surface area contributed by atoms with E-state index in [9.17, 15) is 0 Å². The lowest BCUT2D eigenvalue weighted by Gasteiger charge is -2.21. The Balaban J connectivity index is 1.43. The highest BCUT2D eigenvalue weighted by Gasteiger charge is 2.24. The van der Waals surface area contributed by atoms with Crippen molar-refractivity contribution in [3.05, 3.63) is 42.5 Å². The first kappa shape index (κ1) is 16.0. The Morgan fingerprint density at radius 2 is 1.77 bits per heavy atom. The van der Waals surface area contributed by atoms with Crippen molar-refractivity contribution in [3.63, 3.8) is 0 Å². The van der Waals surface area contributed by atoms with E-state index in [0.717, 1.165) is 34.9 Å². The van der Waals surface area contributed by atoms with Gasteiger partial charge in [0.05, 0.1) is 0 Å². The maximum Gasteiger partial charge on any atom is 0.161 e. The Labute approximate surface area is 154 Å². The van der Waals surface area contributed by atoms with E-state index < -0.39 is 0 Å². The minimum absolute atomic E-state index is 0.697. The van der Waals surface area contributed by atoms with Crippen LogP contribution in [0.4, 0.5) is 0 Å². The summed E-state index contributed by atoms with van der Waals surface area (Å²) in [6.45, 7) is 1.04. The molecule has 3 aromatic heterocycles. The van der Waals surface area contributed by atoms with Crippen molar-refractivity contribution < 1.29 is 0 Å². The first-order valence-corrected chi connectivity index (χ1v) is 10.1. The molecular formula is C22H26N4. The summed E-state index contributed by atoms with van der Waals surface area (Å²) in [5.74, 6) is 2.40. The second-order valence-electron chi connectivity index (χ2n) is 8.02. The average Bonchev–Trinajstić information content (AvgIpc) is 3.49. The fraction of sp³-hybridized carbons (Fsp3) is 0.500. The predicted octanol–water partition coefficient (Wildman–Crippen LogP) is 5.34. The predicted molar refractivity (Wildman–Crippen MR) is 104 cm³/mol. The molecule has 2 fully saturated rings. The van der Waals surface area contributed by atoms with Gasteiger partial charge in [0.25, 0.3) is 0 Å². The van der Waals surface area contributed by atoms with Crippen LogP contribution in [0.5, 0.6) is 0 Å². The lowest BCUT2D eigenvalue weighted by atomic mass is 9.87. The Morgan fingerprint density at radius 3 is 2.54 bits per heavy atom. The summed E-state index contributed by atoms with van der Waals surface area (Å²) in [4.78, 5) is 14.0. The van der Waals surface area contributed by atoms with Crippen LogP contribution in [0, 0.1) is 5.92 Å². The molecule has 0 atom stereocenters. The molecule has 3 aromatic rings. The Hall–Kier alpha value is -2.23. The molecule has 0 spiro atoms. The summed E-state index contributed by atoms with van der Waals surface area (Å²) in [6.07, 6.45) is 19.0. The molecule has 4 heteroatoms. The molecule has 0 aliphatic heterocycles. The highest BCUT2D eigenvalue weighted by Crippen LogP contribution is 2.39. The van der Waals surface area contributed by atoms with Crippen LogP contribution in [-0.4, -0.2) is 19.5 Å². The van der Waals surface area contributed by atoms with Gasteiger partial charge in [0.2, 0.25) is 0 Å². The van der Waals surface area contributed by atoms with Gasteiger partial charge in [-0.3, -0.25) is 0 Å². The molecule has 2 aliphatic rings. The topological polar surface area (TPSA) is 43.6 Å². The van der Waals surface area contributed by atoms with Gasteiger partial charge in [-0.15, -0.1) is 0 Å². The van der Waals surface area contributed by atoms with Crippen molar-refractivity contribution in [3.8, 4) is 11.4 Å². The van der Waals surface area contributed by atoms with Gasteiger partial charge in [0.1, 0.15) is 5.65 Å². The summed E-state index contributed by atoms with van der Waals surface area (Å²) >= 11 is 0. The van der Waals surface area contributed by atoms with Crippen molar-refractivity contribution in [2.24, 2.45) is 5.92 Å². The molecule has 0 aromatic carbocycles. The van der Waals surface area contributed by atoms with Crippen LogP contribution in [0.25, 0.3) is 22.4 Å². The normalized spacial score (nSPS) is 18.5. The monoisotopic (exact) mass is 346 g/mol. The summed E-state index contributed by atoms with van der Waals surface area (Å²) in [7, 11) is 0. The molecule has 2 aliphatic carbocycles. The maximum absolute atomic E-state index is 4.67. The summed E-state index contributed by atoms with van der Waals surface area (Å²) in [5, 5.41) is 1.16. The molecule has 26 heavy (non-hydrogen) atoms. The lowest BCUT2D eigenvalue weighted by Crippen LogP contribution is -2.09. The third-order valence-corrected chi connectivity index (χ3v) is 6.10. The lowest BCUT2D eigenvalue weighted by molar-refractivity contribution is 0.325. The zero-order valence-corrected chi connectivity index (χ0v) is 15.3. The molecule has 0 unspecified atom stereocenters. The Morgan fingerprint density at radius 1 is 0.962 bits per heavy atom. The van der Waals surface area contributed by atoms with Crippen molar-refractivity contribution in [2.75, 3.05) is 0 Å². The summed E-state index contributed by atoms with van der Waals surface area (Å²) < 4.78 is 2.32. The smallest absolute Gasteiger partial charge is 0.161 e. The van der Waals surface area contributed by atoms with E-state index in [-0.39, 0.29) is 0 Å². The van der Waals surface area contributed by atoms with Crippen LogP contribution in [-0.2, 0) is 6.54 Å². The van der Waals surface area contributed by atoms with Gasteiger partial charge in [-0.2, -0.15) is 0 Å². The van der Waals surface area contributed by atoms with E-state index in [2.05, 4.69) is 31.8 Å². The third-order valence-electron chi connectivity index (χ3n) is 6.10. The minimum Gasteiger partial charge on any atom is -0.332 e. The van der Waals surface area contributed by atoms with Crippen LogP contribution < -0.4 is 0 Å². The number of hydrogen-bond acceptors (Lipinski definition) is 3. The number of hydrogen-bond donors (Lipinski definition) is 0. The Kier molecular flexibility index (Phi) is 4.19. The number of nitrogens with zero attached hydrogens (tertiary/aromatic N) is 4. The second kappa shape index (κ2) is 6.82. The molecule has 2 saturated carbocycles. The molecule has 0 saturated heterocycles. The molecular weight excluding hydrogens is 320 g/mol. The number of fused-ring (bicyclic) bond motifs is 1. The Bertz CT molecular complexity index is 886. The quantitative estimate of drug-likeness (QED) is 0.626. The van der Waals surface area contributed by atoms with Gasteiger partial charge in [-0.25, -0.2) is 15.0 Å². The van der Waals surface area contributed by atoms with Gasteiger partial charge in [-0.1, -0.05) is 32.1 Å². The minimum atomic E-state index is 0.697. The van der Waals surface area contributed by atoms with E-state index in [1.54, 1.807) is 0 Å². The first-order chi connectivity index (χ1) is 12.9. The van der Waals surface area contributed by atoms with Crippen LogP contribution in [0.3, 0.4) is 0 Å². The van der Waals surface area contributed by atoms with Crippen molar-refractivity contribution in [1.29, 1.82) is 0 Å². The molecule has 4 nitrogen and oxygen atoms in total. The molecule has 0 amide bonds. The molecule has 3 heterocycles. The van der Waals surface area contributed by atoms with Gasteiger partial charge < -0.3 is 4.57 Å². The number of pyridine rings is 1. The SMILES string of the molecule is c1cnc2c(c1)c(-c1ncc(C3CC3)cn1)cn2CCC1CCCCC1. The summed E-state index contributed by atoms with van der Waals surface area (Å²) in [6, 6.07) is 4.16. The highest BCUT2D eigenvalue weighted by molar-refractivity contribution is 5.92.